The highest BCUT2D eigenvalue weighted by molar-refractivity contribution is 7.89. The number of carbonyl (C=O) groups excluding carboxylic acids is 1. The Morgan fingerprint density at radius 1 is 1.45 bits per heavy atom. The van der Waals surface area contributed by atoms with Crippen LogP contribution in [-0.4, -0.2) is 26.9 Å². The molecule has 0 bridgehead atoms. The van der Waals surface area contributed by atoms with Crippen molar-refractivity contribution in [2.45, 2.75) is 44.6 Å². The van der Waals surface area contributed by atoms with Gasteiger partial charge in [0.05, 0.1) is 4.90 Å². The SMILES string of the molecule is CCC(C)NS(=O)(=O)c1ccc2c(c1)CCN2C(C)=O. The van der Waals surface area contributed by atoms with E-state index in [4.69, 9.17) is 0 Å². The van der Waals surface area contributed by atoms with Gasteiger partial charge < -0.3 is 4.90 Å². The first kappa shape index (κ1) is 15.0. The lowest BCUT2D eigenvalue weighted by Gasteiger charge is -2.16. The molecule has 1 aromatic carbocycles. The Morgan fingerprint density at radius 3 is 2.75 bits per heavy atom. The van der Waals surface area contributed by atoms with Gasteiger partial charge in [0.1, 0.15) is 0 Å². The molecule has 1 heterocycles. The second-order valence-electron chi connectivity index (χ2n) is 5.14. The monoisotopic (exact) mass is 296 g/mol. The van der Waals surface area contributed by atoms with E-state index in [9.17, 15) is 13.2 Å². The maximum Gasteiger partial charge on any atom is 0.240 e. The molecule has 1 unspecified atom stereocenters. The number of amides is 1. The van der Waals surface area contributed by atoms with Gasteiger partial charge in [0.25, 0.3) is 0 Å². The third-order valence-electron chi connectivity index (χ3n) is 3.61. The Hall–Kier alpha value is -1.40. The molecule has 110 valence electrons. The van der Waals surface area contributed by atoms with Crippen molar-refractivity contribution in [3.05, 3.63) is 23.8 Å². The molecule has 0 fully saturated rings. The number of anilines is 1. The fraction of sp³-hybridized carbons (Fsp3) is 0.500. The lowest BCUT2D eigenvalue weighted by Crippen LogP contribution is -2.32. The molecule has 2 rings (SSSR count). The molecule has 6 heteroatoms. The maximum atomic E-state index is 12.2. The van der Waals surface area contributed by atoms with E-state index >= 15 is 0 Å². The zero-order chi connectivity index (χ0) is 14.9. The summed E-state index contributed by atoms with van der Waals surface area (Å²) in [5.74, 6) is -0.0166. The third kappa shape index (κ3) is 2.86. The van der Waals surface area contributed by atoms with Gasteiger partial charge in [0.2, 0.25) is 15.9 Å². The van der Waals surface area contributed by atoms with Crippen LogP contribution in [0.5, 0.6) is 0 Å². The number of hydrogen-bond acceptors (Lipinski definition) is 3. The number of hydrogen-bond donors (Lipinski definition) is 1. The van der Waals surface area contributed by atoms with Crippen LogP contribution in [0, 0.1) is 0 Å². The van der Waals surface area contributed by atoms with Crippen molar-refractivity contribution < 1.29 is 13.2 Å². The molecule has 0 saturated heterocycles. The van der Waals surface area contributed by atoms with Crippen molar-refractivity contribution in [1.29, 1.82) is 0 Å². The highest BCUT2D eigenvalue weighted by Gasteiger charge is 2.25. The van der Waals surface area contributed by atoms with E-state index in [0.717, 1.165) is 17.7 Å². The zero-order valence-corrected chi connectivity index (χ0v) is 12.8. The van der Waals surface area contributed by atoms with E-state index in [2.05, 4.69) is 4.72 Å². The summed E-state index contributed by atoms with van der Waals surface area (Å²) in [7, 11) is -3.48. The highest BCUT2D eigenvalue weighted by atomic mass is 32.2. The van der Waals surface area contributed by atoms with Crippen LogP contribution in [0.25, 0.3) is 0 Å². The number of fused-ring (bicyclic) bond motifs is 1. The predicted octanol–water partition coefficient (Wildman–Crippen LogP) is 1.67. The maximum absolute atomic E-state index is 12.2. The Morgan fingerprint density at radius 2 is 2.15 bits per heavy atom. The van der Waals surface area contributed by atoms with Crippen molar-refractivity contribution in [1.82, 2.24) is 4.72 Å². The van der Waals surface area contributed by atoms with E-state index in [0.29, 0.717) is 13.0 Å². The number of benzene rings is 1. The number of nitrogens with one attached hydrogen (secondary N) is 1. The minimum atomic E-state index is -3.48. The Balaban J connectivity index is 2.31. The molecule has 1 amide bonds. The third-order valence-corrected chi connectivity index (χ3v) is 5.19. The van der Waals surface area contributed by atoms with Crippen LogP contribution in [0.2, 0.25) is 0 Å². The van der Waals surface area contributed by atoms with Crippen molar-refractivity contribution in [2.24, 2.45) is 0 Å². The normalized spacial score (nSPS) is 16.1. The number of rotatable bonds is 4. The molecule has 20 heavy (non-hydrogen) atoms. The zero-order valence-electron chi connectivity index (χ0n) is 12.0. The Bertz CT molecular complexity index is 625. The van der Waals surface area contributed by atoms with Crippen LogP contribution in [0.4, 0.5) is 5.69 Å². The van der Waals surface area contributed by atoms with Crippen LogP contribution in [0.1, 0.15) is 32.8 Å². The second kappa shape index (κ2) is 5.54. The van der Waals surface area contributed by atoms with E-state index in [-0.39, 0.29) is 16.8 Å². The summed E-state index contributed by atoms with van der Waals surface area (Å²) in [6, 6.07) is 4.85. The van der Waals surface area contributed by atoms with Gasteiger partial charge >= 0.3 is 0 Å². The van der Waals surface area contributed by atoms with Gasteiger partial charge in [-0.15, -0.1) is 0 Å². The Labute approximate surface area is 120 Å². The first-order valence-corrected chi connectivity index (χ1v) is 8.27. The van der Waals surface area contributed by atoms with Crippen LogP contribution in [0.3, 0.4) is 0 Å². The number of nitrogens with zero attached hydrogens (tertiary/aromatic N) is 1. The lowest BCUT2D eigenvalue weighted by atomic mass is 10.2. The summed E-state index contributed by atoms with van der Waals surface area (Å²) in [6.07, 6.45) is 1.43. The molecule has 1 atom stereocenters. The quantitative estimate of drug-likeness (QED) is 0.919. The fourth-order valence-electron chi connectivity index (χ4n) is 2.29. The summed E-state index contributed by atoms with van der Waals surface area (Å²) in [6.45, 7) is 5.90. The van der Waals surface area contributed by atoms with Crippen molar-refractivity contribution in [3.63, 3.8) is 0 Å². The molecule has 0 spiro atoms. The molecule has 5 nitrogen and oxygen atoms in total. The minimum absolute atomic E-state index is 0.0166. The first-order chi connectivity index (χ1) is 9.35. The molecule has 1 N–H and O–H groups in total. The van der Waals surface area contributed by atoms with Crippen LogP contribution in [0.15, 0.2) is 23.1 Å². The van der Waals surface area contributed by atoms with Crippen LogP contribution >= 0.6 is 0 Å². The second-order valence-corrected chi connectivity index (χ2v) is 6.86. The summed E-state index contributed by atoms with van der Waals surface area (Å²) in [4.78, 5) is 13.4. The van der Waals surface area contributed by atoms with Crippen LogP contribution in [-0.2, 0) is 21.2 Å². The first-order valence-electron chi connectivity index (χ1n) is 6.78. The molecular weight excluding hydrogens is 276 g/mol. The van der Waals surface area contributed by atoms with E-state index in [1.165, 1.54) is 6.92 Å². The molecule has 1 aliphatic heterocycles. The standard InChI is InChI=1S/C14H20N2O3S/c1-4-10(2)15-20(18,19)13-5-6-14-12(9-13)7-8-16(14)11(3)17/h5-6,9-10,15H,4,7-8H2,1-3H3. The minimum Gasteiger partial charge on any atom is -0.312 e. The van der Waals surface area contributed by atoms with Gasteiger partial charge in [-0.2, -0.15) is 0 Å². The molecule has 0 aliphatic carbocycles. The average molecular weight is 296 g/mol. The van der Waals surface area contributed by atoms with Gasteiger partial charge in [-0.05, 0) is 43.5 Å². The largest absolute Gasteiger partial charge is 0.312 e. The van der Waals surface area contributed by atoms with E-state index < -0.39 is 10.0 Å². The molecular formula is C14H20N2O3S. The topological polar surface area (TPSA) is 66.5 Å². The summed E-state index contributed by atoms with van der Waals surface area (Å²) in [5, 5.41) is 0. The summed E-state index contributed by atoms with van der Waals surface area (Å²) >= 11 is 0. The lowest BCUT2D eigenvalue weighted by molar-refractivity contribution is -0.116. The summed E-state index contributed by atoms with van der Waals surface area (Å²) in [5.41, 5.74) is 1.73. The molecule has 1 aromatic rings. The molecule has 1 aliphatic rings. The Kier molecular flexibility index (Phi) is 4.15. The fourth-order valence-corrected chi connectivity index (χ4v) is 3.67. The average Bonchev–Trinajstić information content (AvgIpc) is 2.80. The van der Waals surface area contributed by atoms with Gasteiger partial charge in [-0.3, -0.25) is 4.79 Å². The molecule has 0 saturated carbocycles. The molecule has 0 aromatic heterocycles. The molecule has 0 radical (unpaired) electrons. The number of sulfonamides is 1. The van der Waals surface area contributed by atoms with E-state index in [1.54, 1.807) is 23.1 Å². The van der Waals surface area contributed by atoms with Gasteiger partial charge in [-0.25, -0.2) is 13.1 Å². The highest BCUT2D eigenvalue weighted by Crippen LogP contribution is 2.30. The van der Waals surface area contributed by atoms with Crippen molar-refractivity contribution in [3.8, 4) is 0 Å². The smallest absolute Gasteiger partial charge is 0.240 e. The van der Waals surface area contributed by atoms with Crippen molar-refractivity contribution >= 4 is 21.6 Å². The van der Waals surface area contributed by atoms with Gasteiger partial charge in [0, 0.05) is 25.2 Å². The van der Waals surface area contributed by atoms with Gasteiger partial charge in [-0.1, -0.05) is 6.92 Å². The van der Waals surface area contributed by atoms with Crippen molar-refractivity contribution in [2.75, 3.05) is 11.4 Å². The summed E-state index contributed by atoms with van der Waals surface area (Å²) < 4.78 is 27.1. The van der Waals surface area contributed by atoms with E-state index in [1.807, 2.05) is 13.8 Å². The predicted molar refractivity (Wildman–Crippen MR) is 78.2 cm³/mol. The van der Waals surface area contributed by atoms with Crippen LogP contribution < -0.4 is 9.62 Å². The number of carbonyl (C=O) groups is 1. The van der Waals surface area contributed by atoms with Gasteiger partial charge in [0.15, 0.2) is 0 Å².